The Morgan fingerprint density at radius 1 is 1.15 bits per heavy atom. The average molecular weight is 575 g/mol. The summed E-state index contributed by atoms with van der Waals surface area (Å²) in [5.74, 6) is -1.53. The lowest BCUT2D eigenvalue weighted by Gasteiger charge is -2.31. The number of aromatic nitrogens is 2. The van der Waals surface area contributed by atoms with Crippen molar-refractivity contribution < 1.29 is 37.3 Å². The molecule has 1 aliphatic heterocycles. The fourth-order valence-electron chi connectivity index (χ4n) is 4.75. The van der Waals surface area contributed by atoms with Crippen molar-refractivity contribution in [2.45, 2.75) is 43.9 Å². The van der Waals surface area contributed by atoms with Crippen molar-refractivity contribution in [1.82, 2.24) is 9.97 Å². The molecule has 3 heterocycles. The summed E-state index contributed by atoms with van der Waals surface area (Å²) < 4.78 is 63.3. The van der Waals surface area contributed by atoms with Gasteiger partial charge in [-0.3, -0.25) is 9.78 Å². The number of phenols is 1. The van der Waals surface area contributed by atoms with E-state index in [2.05, 4.69) is 9.97 Å². The SMILES string of the molecule is CC1(C)COc2c1cc(C(O)(CCC(=O)c1cc(O)c3ncccc3c1)C(F)(F)F)nc2-c1ccc(F)c(Cl)c1. The van der Waals surface area contributed by atoms with Crippen LogP contribution in [0, 0.1) is 5.82 Å². The summed E-state index contributed by atoms with van der Waals surface area (Å²) in [4.78, 5) is 21.2. The van der Waals surface area contributed by atoms with Gasteiger partial charge in [-0.15, -0.1) is 0 Å². The molecule has 2 aromatic heterocycles. The van der Waals surface area contributed by atoms with Crippen LogP contribution in [0.3, 0.4) is 0 Å². The molecule has 0 spiro atoms. The van der Waals surface area contributed by atoms with Gasteiger partial charge in [0.1, 0.15) is 28.5 Å². The summed E-state index contributed by atoms with van der Waals surface area (Å²) in [5.41, 5.74) is -4.24. The van der Waals surface area contributed by atoms with Crippen molar-refractivity contribution in [1.29, 1.82) is 0 Å². The second kappa shape index (κ2) is 9.71. The molecule has 0 fully saturated rings. The number of carbonyl (C=O) groups is 1. The number of benzene rings is 2. The summed E-state index contributed by atoms with van der Waals surface area (Å²) in [6.07, 6.45) is -5.52. The molecule has 0 bridgehead atoms. The second-order valence-corrected chi connectivity index (χ2v) is 10.8. The maximum Gasteiger partial charge on any atom is 0.422 e. The summed E-state index contributed by atoms with van der Waals surface area (Å²) in [6, 6.07) is 10.5. The zero-order valence-electron chi connectivity index (χ0n) is 21.3. The van der Waals surface area contributed by atoms with Crippen molar-refractivity contribution >= 4 is 28.3 Å². The van der Waals surface area contributed by atoms with Crippen molar-refractivity contribution in [3.8, 4) is 22.8 Å². The Morgan fingerprint density at radius 2 is 1.90 bits per heavy atom. The Hall–Kier alpha value is -3.76. The number of ketones is 1. The maximum atomic E-state index is 14.6. The summed E-state index contributed by atoms with van der Waals surface area (Å²) >= 11 is 5.93. The molecule has 0 aliphatic carbocycles. The van der Waals surface area contributed by atoms with Gasteiger partial charge in [0, 0.05) is 40.1 Å². The molecule has 1 atom stereocenters. The first kappa shape index (κ1) is 27.8. The Kier molecular flexibility index (Phi) is 6.74. The van der Waals surface area contributed by atoms with Gasteiger partial charge >= 0.3 is 6.18 Å². The van der Waals surface area contributed by atoms with E-state index in [1.807, 2.05) is 0 Å². The fraction of sp³-hybridized carbons (Fsp3) is 0.276. The van der Waals surface area contributed by atoms with Gasteiger partial charge in [-0.25, -0.2) is 9.37 Å². The molecule has 40 heavy (non-hydrogen) atoms. The van der Waals surface area contributed by atoms with Crippen molar-refractivity contribution in [2.75, 3.05) is 6.61 Å². The zero-order chi connectivity index (χ0) is 29.0. The molecule has 0 saturated heterocycles. The molecular formula is C29H23ClF4N2O4. The first-order chi connectivity index (χ1) is 18.7. The average Bonchev–Trinajstić information content (AvgIpc) is 3.21. The molecule has 0 radical (unpaired) electrons. The summed E-state index contributed by atoms with van der Waals surface area (Å²) in [6.45, 7) is 3.67. The van der Waals surface area contributed by atoms with Crippen LogP contribution in [0.5, 0.6) is 11.5 Å². The number of carbonyl (C=O) groups excluding carboxylic acids is 1. The molecule has 1 aliphatic rings. The number of rotatable bonds is 6. The lowest BCUT2D eigenvalue weighted by Crippen LogP contribution is -2.43. The van der Waals surface area contributed by atoms with Gasteiger partial charge in [0.15, 0.2) is 5.78 Å². The normalized spacial score (nSPS) is 15.9. The van der Waals surface area contributed by atoms with Crippen LogP contribution >= 0.6 is 11.6 Å². The zero-order valence-corrected chi connectivity index (χ0v) is 22.1. The van der Waals surface area contributed by atoms with E-state index in [0.717, 1.165) is 18.2 Å². The number of ether oxygens (including phenoxy) is 1. The van der Waals surface area contributed by atoms with E-state index in [9.17, 15) is 32.6 Å². The minimum Gasteiger partial charge on any atom is -0.506 e. The van der Waals surface area contributed by atoms with Crippen molar-refractivity contribution in [3.05, 3.63) is 82.4 Å². The maximum absolute atomic E-state index is 14.6. The first-order valence-electron chi connectivity index (χ1n) is 12.3. The van der Waals surface area contributed by atoms with Crippen LogP contribution in [0.1, 0.15) is 48.3 Å². The van der Waals surface area contributed by atoms with Gasteiger partial charge in [-0.05, 0) is 48.9 Å². The van der Waals surface area contributed by atoms with Crippen molar-refractivity contribution in [3.63, 3.8) is 0 Å². The lowest BCUT2D eigenvalue weighted by atomic mass is 9.83. The van der Waals surface area contributed by atoms with Gasteiger partial charge in [-0.2, -0.15) is 13.2 Å². The van der Waals surface area contributed by atoms with E-state index in [4.69, 9.17) is 16.3 Å². The van der Waals surface area contributed by atoms with E-state index in [-0.39, 0.29) is 45.5 Å². The van der Waals surface area contributed by atoms with Crippen LogP contribution in [-0.4, -0.2) is 38.7 Å². The van der Waals surface area contributed by atoms with Gasteiger partial charge in [0.05, 0.1) is 17.3 Å². The summed E-state index contributed by atoms with van der Waals surface area (Å²) in [7, 11) is 0. The van der Waals surface area contributed by atoms with E-state index in [1.165, 1.54) is 24.4 Å². The number of fused-ring (bicyclic) bond motifs is 2. The van der Waals surface area contributed by atoms with Gasteiger partial charge < -0.3 is 14.9 Å². The number of phenolic OH excluding ortho intramolecular Hbond substituents is 1. The van der Waals surface area contributed by atoms with E-state index < -0.39 is 47.3 Å². The molecule has 11 heteroatoms. The van der Waals surface area contributed by atoms with Crippen LogP contribution in [0.2, 0.25) is 5.02 Å². The number of alkyl halides is 3. The van der Waals surface area contributed by atoms with Gasteiger partial charge in [0.2, 0.25) is 5.60 Å². The Bertz CT molecular complexity index is 1660. The monoisotopic (exact) mass is 574 g/mol. The fourth-order valence-corrected chi connectivity index (χ4v) is 4.93. The predicted octanol–water partition coefficient (Wildman–Crippen LogP) is 6.88. The van der Waals surface area contributed by atoms with Gasteiger partial charge in [-0.1, -0.05) is 31.5 Å². The quantitative estimate of drug-likeness (QED) is 0.193. The number of aromatic hydroxyl groups is 1. The minimum atomic E-state index is -5.22. The lowest BCUT2D eigenvalue weighted by molar-refractivity contribution is -0.270. The topological polar surface area (TPSA) is 92.5 Å². The highest BCUT2D eigenvalue weighted by molar-refractivity contribution is 6.31. The minimum absolute atomic E-state index is 0.0272. The molecular weight excluding hydrogens is 552 g/mol. The molecule has 2 N–H and O–H groups in total. The second-order valence-electron chi connectivity index (χ2n) is 10.4. The molecule has 4 aromatic rings. The first-order valence-corrected chi connectivity index (χ1v) is 12.6. The Labute approximate surface area is 231 Å². The Morgan fingerprint density at radius 3 is 2.60 bits per heavy atom. The number of hydrogen-bond acceptors (Lipinski definition) is 6. The van der Waals surface area contributed by atoms with Crippen LogP contribution in [-0.2, 0) is 11.0 Å². The standard InChI is InChI=1S/C29H23ClF4N2O4/c1-27(2)14-40-26-18(27)13-23(36-25(26)16-5-6-20(31)19(30)11-16)28(39,29(32,33)34)8-7-21(37)17-10-15-4-3-9-35-24(15)22(38)12-17/h3-6,9-13,38-39H,7-8,14H2,1-2H3. The number of halogens is 5. The van der Waals surface area contributed by atoms with E-state index >= 15 is 0 Å². The van der Waals surface area contributed by atoms with E-state index in [1.54, 1.807) is 26.0 Å². The number of nitrogens with zero attached hydrogens (tertiary/aromatic N) is 2. The highest BCUT2D eigenvalue weighted by Gasteiger charge is 2.56. The third-order valence-corrected chi connectivity index (χ3v) is 7.38. The molecule has 0 saturated carbocycles. The van der Waals surface area contributed by atoms with Crippen LogP contribution in [0.15, 0.2) is 54.7 Å². The molecule has 5 rings (SSSR count). The predicted molar refractivity (Wildman–Crippen MR) is 140 cm³/mol. The molecule has 1 unspecified atom stereocenters. The summed E-state index contributed by atoms with van der Waals surface area (Å²) in [5, 5.41) is 21.6. The van der Waals surface area contributed by atoms with Crippen LogP contribution in [0.25, 0.3) is 22.2 Å². The number of Topliss-reactive ketones (excluding diaryl/α,β-unsaturated/α-hetero) is 1. The van der Waals surface area contributed by atoms with Gasteiger partial charge in [0.25, 0.3) is 0 Å². The molecule has 2 aromatic carbocycles. The third-order valence-electron chi connectivity index (χ3n) is 7.09. The number of hydrogen-bond donors (Lipinski definition) is 2. The molecule has 208 valence electrons. The highest BCUT2D eigenvalue weighted by atomic mass is 35.5. The molecule has 0 amide bonds. The van der Waals surface area contributed by atoms with Crippen LogP contribution in [0.4, 0.5) is 17.6 Å². The largest absolute Gasteiger partial charge is 0.506 e. The van der Waals surface area contributed by atoms with Crippen LogP contribution < -0.4 is 4.74 Å². The third kappa shape index (κ3) is 4.75. The number of aliphatic hydroxyl groups is 1. The molecule has 6 nitrogen and oxygen atoms in total. The highest BCUT2D eigenvalue weighted by Crippen LogP contribution is 2.49. The number of pyridine rings is 2. The van der Waals surface area contributed by atoms with Crippen molar-refractivity contribution in [2.24, 2.45) is 0 Å². The Balaban J connectivity index is 1.57. The smallest absolute Gasteiger partial charge is 0.422 e. The van der Waals surface area contributed by atoms with E-state index in [0.29, 0.717) is 10.9 Å².